The number of amides is 1. The molecule has 1 aromatic heterocycles. The van der Waals surface area contributed by atoms with Crippen molar-refractivity contribution in [1.82, 2.24) is 5.16 Å². The van der Waals surface area contributed by atoms with Gasteiger partial charge in [0, 0.05) is 24.8 Å². The van der Waals surface area contributed by atoms with Gasteiger partial charge in [-0.15, -0.1) is 0 Å². The first-order chi connectivity index (χ1) is 11.2. The molecule has 7 heteroatoms. The molecule has 23 heavy (non-hydrogen) atoms. The molecular weight excluding hydrogens is 296 g/mol. The van der Waals surface area contributed by atoms with E-state index < -0.39 is 5.91 Å². The minimum atomic E-state index is -0.392. The van der Waals surface area contributed by atoms with E-state index in [1.54, 1.807) is 12.1 Å². The highest BCUT2D eigenvalue weighted by Gasteiger charge is 2.20. The lowest BCUT2D eigenvalue weighted by Gasteiger charge is -2.32. The van der Waals surface area contributed by atoms with E-state index in [0.29, 0.717) is 37.2 Å². The Morgan fingerprint density at radius 3 is 2.83 bits per heavy atom. The first kappa shape index (κ1) is 15.1. The number of carbonyl (C=O) groups excluding carboxylic acids is 1. The van der Waals surface area contributed by atoms with Gasteiger partial charge in [-0.3, -0.25) is 4.79 Å². The standard InChI is InChI=1S/C16H16N4O3/c17-10-11-9-12(18-16(22)14-5-8-23-19-14)1-2-15(11)20-6-3-13(21)4-7-20/h1-2,5,8-9,13,21H,3-4,6-7H2,(H,18,22). The number of piperidine rings is 1. The second kappa shape index (κ2) is 6.50. The quantitative estimate of drug-likeness (QED) is 0.895. The van der Waals surface area contributed by atoms with Crippen molar-refractivity contribution >= 4 is 17.3 Å². The summed E-state index contributed by atoms with van der Waals surface area (Å²) in [4.78, 5) is 14.0. The van der Waals surface area contributed by atoms with Crippen molar-refractivity contribution in [2.24, 2.45) is 0 Å². The van der Waals surface area contributed by atoms with Gasteiger partial charge in [0.25, 0.3) is 5.91 Å². The van der Waals surface area contributed by atoms with Gasteiger partial charge in [0.1, 0.15) is 12.3 Å². The molecule has 3 rings (SSSR count). The van der Waals surface area contributed by atoms with E-state index in [1.165, 1.54) is 12.3 Å². The van der Waals surface area contributed by atoms with Gasteiger partial charge in [-0.05, 0) is 31.0 Å². The summed E-state index contributed by atoms with van der Waals surface area (Å²) in [5.41, 5.74) is 2.01. The molecule has 7 nitrogen and oxygen atoms in total. The first-order valence-electron chi connectivity index (χ1n) is 7.36. The average molecular weight is 312 g/mol. The number of aromatic nitrogens is 1. The van der Waals surface area contributed by atoms with Crippen LogP contribution in [0.5, 0.6) is 0 Å². The summed E-state index contributed by atoms with van der Waals surface area (Å²) in [5, 5.41) is 25.2. The molecule has 0 spiro atoms. The van der Waals surface area contributed by atoms with Crippen LogP contribution in [-0.4, -0.2) is 35.4 Å². The first-order valence-corrected chi connectivity index (χ1v) is 7.36. The lowest BCUT2D eigenvalue weighted by atomic mass is 10.0. The van der Waals surface area contributed by atoms with E-state index in [1.807, 2.05) is 6.07 Å². The van der Waals surface area contributed by atoms with E-state index in [-0.39, 0.29) is 11.8 Å². The van der Waals surface area contributed by atoms with Crippen LogP contribution in [0.2, 0.25) is 0 Å². The zero-order chi connectivity index (χ0) is 16.2. The Labute approximate surface area is 133 Å². The molecule has 1 saturated heterocycles. The predicted molar refractivity (Wildman–Crippen MR) is 83.1 cm³/mol. The molecule has 0 saturated carbocycles. The van der Waals surface area contributed by atoms with E-state index in [0.717, 1.165) is 5.69 Å². The molecule has 0 unspecified atom stereocenters. The van der Waals surface area contributed by atoms with Crippen molar-refractivity contribution in [2.75, 3.05) is 23.3 Å². The number of nitrogens with zero attached hydrogens (tertiary/aromatic N) is 3. The molecule has 2 N–H and O–H groups in total. The molecule has 1 aromatic carbocycles. The highest BCUT2D eigenvalue weighted by molar-refractivity contribution is 6.02. The topological polar surface area (TPSA) is 102 Å². The van der Waals surface area contributed by atoms with E-state index in [4.69, 9.17) is 0 Å². The molecule has 1 amide bonds. The fourth-order valence-electron chi connectivity index (χ4n) is 2.61. The third kappa shape index (κ3) is 3.33. The smallest absolute Gasteiger partial charge is 0.277 e. The number of benzene rings is 1. The Morgan fingerprint density at radius 2 is 2.17 bits per heavy atom. The van der Waals surface area contributed by atoms with Crippen molar-refractivity contribution < 1.29 is 14.4 Å². The van der Waals surface area contributed by atoms with E-state index >= 15 is 0 Å². The second-order valence-electron chi connectivity index (χ2n) is 5.40. The molecule has 2 aromatic rings. The number of aliphatic hydroxyl groups is 1. The van der Waals surface area contributed by atoms with Crippen LogP contribution >= 0.6 is 0 Å². The molecule has 118 valence electrons. The van der Waals surface area contributed by atoms with Gasteiger partial charge in [-0.1, -0.05) is 5.16 Å². The molecule has 0 radical (unpaired) electrons. The monoisotopic (exact) mass is 312 g/mol. The van der Waals surface area contributed by atoms with Crippen LogP contribution in [0.4, 0.5) is 11.4 Å². The second-order valence-corrected chi connectivity index (χ2v) is 5.40. The zero-order valence-corrected chi connectivity index (χ0v) is 12.4. The summed E-state index contributed by atoms with van der Waals surface area (Å²) in [6.45, 7) is 1.42. The zero-order valence-electron chi connectivity index (χ0n) is 12.4. The number of hydrogen-bond acceptors (Lipinski definition) is 6. The normalized spacial score (nSPS) is 15.2. The Kier molecular flexibility index (Phi) is 4.26. The van der Waals surface area contributed by atoms with Crippen LogP contribution in [0.25, 0.3) is 0 Å². The number of nitriles is 1. The SMILES string of the molecule is N#Cc1cc(NC(=O)c2ccon2)ccc1N1CCC(O)CC1. The molecule has 2 heterocycles. The minimum absolute atomic E-state index is 0.178. The molecule has 0 aliphatic carbocycles. The number of anilines is 2. The molecule has 0 bridgehead atoms. The van der Waals surface area contributed by atoms with Crippen LogP contribution in [0.1, 0.15) is 28.9 Å². The number of rotatable bonds is 3. The maximum absolute atomic E-state index is 11.9. The Hall–Kier alpha value is -2.85. The van der Waals surface area contributed by atoms with Gasteiger partial charge >= 0.3 is 0 Å². The fraction of sp³-hybridized carbons (Fsp3) is 0.312. The van der Waals surface area contributed by atoms with Gasteiger partial charge in [-0.2, -0.15) is 5.26 Å². The van der Waals surface area contributed by atoms with Crippen molar-refractivity contribution in [2.45, 2.75) is 18.9 Å². The number of nitrogens with one attached hydrogen (secondary N) is 1. The van der Waals surface area contributed by atoms with Gasteiger partial charge < -0.3 is 19.8 Å². The van der Waals surface area contributed by atoms with Gasteiger partial charge in [-0.25, -0.2) is 0 Å². The van der Waals surface area contributed by atoms with Crippen LogP contribution in [0.15, 0.2) is 35.1 Å². The Morgan fingerprint density at radius 1 is 1.39 bits per heavy atom. The number of hydrogen-bond donors (Lipinski definition) is 2. The molecular formula is C16H16N4O3. The van der Waals surface area contributed by atoms with Crippen molar-refractivity contribution in [1.29, 1.82) is 5.26 Å². The largest absolute Gasteiger partial charge is 0.393 e. The van der Waals surface area contributed by atoms with E-state index in [9.17, 15) is 15.2 Å². The Balaban J connectivity index is 1.77. The van der Waals surface area contributed by atoms with E-state index in [2.05, 4.69) is 26.0 Å². The molecule has 1 fully saturated rings. The van der Waals surface area contributed by atoms with Gasteiger partial charge in [0.15, 0.2) is 5.69 Å². The number of aliphatic hydroxyl groups excluding tert-OH is 1. The number of carbonyl (C=O) groups is 1. The summed E-state index contributed by atoms with van der Waals surface area (Å²) in [7, 11) is 0. The minimum Gasteiger partial charge on any atom is -0.393 e. The maximum Gasteiger partial charge on any atom is 0.277 e. The van der Waals surface area contributed by atoms with Crippen LogP contribution < -0.4 is 10.2 Å². The fourth-order valence-corrected chi connectivity index (χ4v) is 2.61. The van der Waals surface area contributed by atoms with Gasteiger partial charge in [0.2, 0.25) is 0 Å². The third-order valence-corrected chi connectivity index (χ3v) is 3.85. The van der Waals surface area contributed by atoms with Crippen LogP contribution in [0.3, 0.4) is 0 Å². The summed E-state index contributed by atoms with van der Waals surface area (Å²) in [6, 6.07) is 8.83. The highest BCUT2D eigenvalue weighted by Crippen LogP contribution is 2.26. The summed E-state index contributed by atoms with van der Waals surface area (Å²) < 4.78 is 4.64. The highest BCUT2D eigenvalue weighted by atomic mass is 16.5. The van der Waals surface area contributed by atoms with Crippen LogP contribution in [0, 0.1) is 11.3 Å². The van der Waals surface area contributed by atoms with Crippen molar-refractivity contribution in [3.63, 3.8) is 0 Å². The lowest BCUT2D eigenvalue weighted by Crippen LogP contribution is -2.36. The molecule has 0 atom stereocenters. The summed E-state index contributed by atoms with van der Waals surface area (Å²) in [5.74, 6) is -0.392. The van der Waals surface area contributed by atoms with Crippen LogP contribution in [-0.2, 0) is 0 Å². The molecule has 1 aliphatic rings. The van der Waals surface area contributed by atoms with Gasteiger partial charge in [0.05, 0.1) is 17.4 Å². The summed E-state index contributed by atoms with van der Waals surface area (Å²) >= 11 is 0. The molecule has 1 aliphatic heterocycles. The lowest BCUT2D eigenvalue weighted by molar-refractivity contribution is 0.101. The van der Waals surface area contributed by atoms with Crippen molar-refractivity contribution in [3.8, 4) is 6.07 Å². The average Bonchev–Trinajstić information content (AvgIpc) is 3.10. The van der Waals surface area contributed by atoms with Crippen molar-refractivity contribution in [3.05, 3.63) is 41.8 Å². The third-order valence-electron chi connectivity index (χ3n) is 3.85. The predicted octanol–water partition coefficient (Wildman–Crippen LogP) is 1.76. The Bertz CT molecular complexity index is 728. The maximum atomic E-state index is 11.9. The summed E-state index contributed by atoms with van der Waals surface area (Å²) in [6.07, 6.45) is 2.44.